The fourth-order valence-corrected chi connectivity index (χ4v) is 2.71. The molecule has 0 atom stereocenters. The maximum atomic E-state index is 11.5. The minimum absolute atomic E-state index is 0.0200. The molecule has 0 aliphatic rings. The van der Waals surface area contributed by atoms with E-state index in [-0.39, 0.29) is 48.8 Å². The second-order valence-electron chi connectivity index (χ2n) is 6.03. The van der Waals surface area contributed by atoms with Crippen LogP contribution in [0, 0.1) is 0 Å². The van der Waals surface area contributed by atoms with Crippen LogP contribution in [0.3, 0.4) is 0 Å². The molecule has 0 rings (SSSR count). The van der Waals surface area contributed by atoms with Gasteiger partial charge in [0.1, 0.15) is 23.1 Å². The molecule has 0 unspecified atom stereocenters. The molecule has 0 amide bonds. The molecule has 7 heteroatoms. The highest BCUT2D eigenvalue weighted by Gasteiger charge is 2.07. The van der Waals surface area contributed by atoms with Crippen molar-refractivity contribution in [2.75, 3.05) is 24.6 Å². The van der Waals surface area contributed by atoms with Gasteiger partial charge >= 0.3 is 0 Å². The molecule has 0 fully saturated rings. The van der Waals surface area contributed by atoms with E-state index < -0.39 is 0 Å². The smallest absolute Gasteiger partial charge is 0.145 e. The lowest BCUT2D eigenvalue weighted by Gasteiger charge is -2.01. The monoisotopic (exact) mass is 368 g/mol. The first kappa shape index (κ1) is 23.4. The number of rotatable bonds is 14. The molecule has 0 saturated carbocycles. The lowest BCUT2D eigenvalue weighted by atomic mass is 10.1. The summed E-state index contributed by atoms with van der Waals surface area (Å²) >= 11 is 1.70. The highest BCUT2D eigenvalue weighted by atomic mass is 32.2. The Balaban J connectivity index is 3.84. The van der Waals surface area contributed by atoms with Crippen molar-refractivity contribution < 1.29 is 19.2 Å². The van der Waals surface area contributed by atoms with Crippen molar-refractivity contribution in [1.29, 1.82) is 0 Å². The topological polar surface area (TPSA) is 93.0 Å². The van der Waals surface area contributed by atoms with Crippen LogP contribution in [-0.2, 0) is 19.2 Å². The summed E-state index contributed by atoms with van der Waals surface area (Å²) in [7, 11) is 0. The molecule has 0 aliphatic carbocycles. The van der Waals surface area contributed by atoms with E-state index in [0.717, 1.165) is 22.9 Å². The zero-order valence-electron chi connectivity index (χ0n) is 15.6. The van der Waals surface area contributed by atoms with Gasteiger partial charge in [0.2, 0.25) is 0 Å². The number of aliphatic imine (C=N–C) groups is 2. The van der Waals surface area contributed by atoms with Crippen LogP contribution < -0.4 is 0 Å². The van der Waals surface area contributed by atoms with Gasteiger partial charge in [-0.1, -0.05) is 0 Å². The number of thioether (sulfide) groups is 1. The Labute approximate surface area is 154 Å². The number of carbonyl (C=O) groups is 4. The molecule has 0 bridgehead atoms. The third kappa shape index (κ3) is 15.6. The van der Waals surface area contributed by atoms with E-state index in [9.17, 15) is 19.2 Å². The van der Waals surface area contributed by atoms with Gasteiger partial charge in [-0.05, 0) is 27.7 Å². The molecule has 0 saturated heterocycles. The zero-order valence-corrected chi connectivity index (χ0v) is 16.4. The molecular formula is C18H28N2O4S. The predicted molar refractivity (Wildman–Crippen MR) is 103 cm³/mol. The molecule has 0 radical (unpaired) electrons. The molecule has 25 heavy (non-hydrogen) atoms. The van der Waals surface area contributed by atoms with Gasteiger partial charge in [0.15, 0.2) is 0 Å². The summed E-state index contributed by atoms with van der Waals surface area (Å²) in [6.07, 6.45) is 0.436. The van der Waals surface area contributed by atoms with E-state index in [1.807, 2.05) is 0 Å². The average molecular weight is 368 g/mol. The zero-order chi connectivity index (χ0) is 19.2. The van der Waals surface area contributed by atoms with Crippen molar-refractivity contribution in [2.24, 2.45) is 9.98 Å². The van der Waals surface area contributed by atoms with E-state index in [4.69, 9.17) is 0 Å². The molecule has 0 aliphatic heterocycles. The SMILES string of the molecule is CC(=O)CC(=O)CC(C)=NCCSCCN=C(C)CC(=O)CC(C)=O. The highest BCUT2D eigenvalue weighted by molar-refractivity contribution is 7.99. The van der Waals surface area contributed by atoms with Crippen LogP contribution >= 0.6 is 11.8 Å². The second-order valence-corrected chi connectivity index (χ2v) is 7.26. The molecule has 0 N–H and O–H groups in total. The first-order valence-electron chi connectivity index (χ1n) is 8.30. The van der Waals surface area contributed by atoms with Crippen LogP contribution in [0.4, 0.5) is 0 Å². The number of Topliss-reactive ketones (excluding diaryl/α,β-unsaturated/α-hetero) is 4. The molecule has 0 heterocycles. The highest BCUT2D eigenvalue weighted by Crippen LogP contribution is 2.02. The lowest BCUT2D eigenvalue weighted by molar-refractivity contribution is -0.126. The van der Waals surface area contributed by atoms with Crippen molar-refractivity contribution >= 4 is 46.3 Å². The van der Waals surface area contributed by atoms with Crippen LogP contribution in [0.25, 0.3) is 0 Å². The van der Waals surface area contributed by atoms with Gasteiger partial charge in [-0.2, -0.15) is 11.8 Å². The average Bonchev–Trinajstić information content (AvgIpc) is 2.43. The maximum absolute atomic E-state index is 11.5. The Morgan fingerprint density at radius 1 is 0.640 bits per heavy atom. The van der Waals surface area contributed by atoms with Gasteiger partial charge < -0.3 is 0 Å². The van der Waals surface area contributed by atoms with Crippen LogP contribution in [-0.4, -0.2) is 59.2 Å². The van der Waals surface area contributed by atoms with Gasteiger partial charge in [-0.15, -0.1) is 0 Å². The standard InChI is InChI=1S/C18H28N2O4S/c1-13(9-17(23)11-15(3)21)19-5-7-25-8-6-20-14(2)10-18(24)12-16(4)22/h5-12H2,1-4H3. The molecule has 0 aromatic heterocycles. The Kier molecular flexibility index (Phi) is 12.7. The number of hydrogen-bond acceptors (Lipinski definition) is 7. The maximum Gasteiger partial charge on any atom is 0.145 e. The molecular weight excluding hydrogens is 340 g/mol. The van der Waals surface area contributed by atoms with E-state index in [2.05, 4.69) is 9.98 Å². The molecule has 0 spiro atoms. The van der Waals surface area contributed by atoms with Crippen LogP contribution in [0.15, 0.2) is 9.98 Å². The van der Waals surface area contributed by atoms with Gasteiger partial charge in [-0.3, -0.25) is 29.2 Å². The summed E-state index contributed by atoms with van der Waals surface area (Å²) in [5.41, 5.74) is 1.51. The van der Waals surface area contributed by atoms with Gasteiger partial charge in [0, 0.05) is 48.9 Å². The van der Waals surface area contributed by atoms with Gasteiger partial charge in [-0.25, -0.2) is 0 Å². The molecule has 6 nitrogen and oxygen atoms in total. The van der Waals surface area contributed by atoms with Crippen LogP contribution in [0.1, 0.15) is 53.4 Å². The van der Waals surface area contributed by atoms with Crippen LogP contribution in [0.2, 0.25) is 0 Å². The fourth-order valence-electron chi connectivity index (χ4n) is 2.07. The van der Waals surface area contributed by atoms with E-state index >= 15 is 0 Å². The second kappa shape index (κ2) is 13.6. The van der Waals surface area contributed by atoms with E-state index in [0.29, 0.717) is 13.1 Å². The number of hydrogen-bond donors (Lipinski definition) is 0. The van der Waals surface area contributed by atoms with Crippen molar-refractivity contribution in [3.63, 3.8) is 0 Å². The van der Waals surface area contributed by atoms with Crippen molar-refractivity contribution in [1.82, 2.24) is 0 Å². The Morgan fingerprint density at radius 2 is 1.00 bits per heavy atom. The summed E-state index contributed by atoms with van der Waals surface area (Å²) in [6.45, 7) is 7.67. The Hall–Kier alpha value is -1.63. The van der Waals surface area contributed by atoms with Crippen molar-refractivity contribution in [3.8, 4) is 0 Å². The quantitative estimate of drug-likeness (QED) is 0.267. The summed E-state index contributed by atoms with van der Waals surface area (Å²) < 4.78 is 0. The fraction of sp³-hybridized carbons (Fsp3) is 0.667. The number of ketones is 4. The minimum Gasteiger partial charge on any atom is -0.300 e. The largest absolute Gasteiger partial charge is 0.300 e. The predicted octanol–water partition coefficient (Wildman–Crippen LogP) is 2.52. The molecule has 0 aromatic rings. The van der Waals surface area contributed by atoms with E-state index in [1.54, 1.807) is 25.6 Å². The Morgan fingerprint density at radius 3 is 1.32 bits per heavy atom. The third-order valence-corrected chi connectivity index (χ3v) is 3.98. The van der Waals surface area contributed by atoms with Gasteiger partial charge in [0.05, 0.1) is 12.8 Å². The van der Waals surface area contributed by atoms with Crippen molar-refractivity contribution in [3.05, 3.63) is 0 Å². The van der Waals surface area contributed by atoms with E-state index in [1.165, 1.54) is 13.8 Å². The first-order chi connectivity index (χ1) is 11.7. The van der Waals surface area contributed by atoms with Gasteiger partial charge in [0.25, 0.3) is 0 Å². The minimum atomic E-state index is -0.118. The first-order valence-corrected chi connectivity index (χ1v) is 9.46. The van der Waals surface area contributed by atoms with Crippen LogP contribution in [0.5, 0.6) is 0 Å². The molecule has 0 aromatic carbocycles. The van der Waals surface area contributed by atoms with Crippen molar-refractivity contribution in [2.45, 2.75) is 53.4 Å². The summed E-state index contributed by atoms with van der Waals surface area (Å²) in [4.78, 5) is 53.3. The summed E-state index contributed by atoms with van der Waals surface area (Å²) in [6, 6.07) is 0. The lowest BCUT2D eigenvalue weighted by Crippen LogP contribution is -2.09. The number of nitrogens with zero attached hydrogens (tertiary/aromatic N) is 2. The number of carbonyl (C=O) groups excluding carboxylic acids is 4. The molecule has 140 valence electrons. The third-order valence-electron chi connectivity index (χ3n) is 3.03. The summed E-state index contributed by atoms with van der Waals surface area (Å²) in [5, 5.41) is 0. The summed E-state index contributed by atoms with van der Waals surface area (Å²) in [5.74, 6) is 1.24. The normalized spacial score (nSPS) is 12.2. The Bertz CT molecular complexity index is 505.